The molecule has 0 fully saturated rings. The molecule has 33 heavy (non-hydrogen) atoms. The monoisotopic (exact) mass is 488 g/mol. The van der Waals surface area contributed by atoms with Crippen LogP contribution in [-0.4, -0.2) is 70.3 Å². The first-order valence-electron chi connectivity index (χ1n) is 10.8. The van der Waals surface area contributed by atoms with Crippen molar-refractivity contribution in [3.63, 3.8) is 0 Å². The van der Waals surface area contributed by atoms with Crippen LogP contribution in [0, 0.1) is 5.92 Å². The molecule has 0 aromatic heterocycles. The predicted molar refractivity (Wildman–Crippen MR) is 125 cm³/mol. The Kier molecular flexibility index (Phi) is 12.3. The second kappa shape index (κ2) is 14.1. The Labute approximate surface area is 196 Å². The van der Waals surface area contributed by atoms with E-state index in [9.17, 15) is 14.2 Å². The highest BCUT2D eigenvalue weighted by Crippen LogP contribution is 2.48. The van der Waals surface area contributed by atoms with E-state index in [2.05, 4.69) is 5.32 Å². The van der Waals surface area contributed by atoms with Crippen molar-refractivity contribution in [1.82, 2.24) is 10.2 Å². The molecule has 11 heteroatoms. The number of benzene rings is 1. The topological polar surface area (TPSA) is 113 Å². The number of ether oxygens (including phenoxy) is 3. The lowest BCUT2D eigenvalue weighted by molar-refractivity contribution is -0.142. The van der Waals surface area contributed by atoms with Crippen molar-refractivity contribution in [1.29, 1.82) is 0 Å². The van der Waals surface area contributed by atoms with Gasteiger partial charge in [0, 0.05) is 13.0 Å². The van der Waals surface area contributed by atoms with Crippen molar-refractivity contribution < 1.29 is 37.4 Å². The zero-order chi connectivity index (χ0) is 25.0. The Balaban J connectivity index is 3.12. The van der Waals surface area contributed by atoms with E-state index in [1.807, 2.05) is 13.8 Å². The van der Waals surface area contributed by atoms with Crippen LogP contribution in [0.15, 0.2) is 18.2 Å². The molecule has 0 saturated heterocycles. The van der Waals surface area contributed by atoms with E-state index in [0.717, 1.165) is 5.56 Å². The smallest absolute Gasteiger partial charge is 0.349 e. The Morgan fingerprint density at radius 2 is 1.64 bits per heavy atom. The lowest BCUT2D eigenvalue weighted by atomic mass is 10.1. The quantitative estimate of drug-likeness (QED) is 0.312. The summed E-state index contributed by atoms with van der Waals surface area (Å²) in [7, 11) is 0.766. The van der Waals surface area contributed by atoms with Gasteiger partial charge >= 0.3 is 19.6 Å². The molecule has 0 bridgehead atoms. The number of esters is 1. The molecule has 0 aliphatic carbocycles. The summed E-state index contributed by atoms with van der Waals surface area (Å²) in [6.07, 6.45) is -0.0776. The van der Waals surface area contributed by atoms with Crippen LogP contribution in [0.2, 0.25) is 0 Å². The van der Waals surface area contributed by atoms with Gasteiger partial charge < -0.3 is 33.5 Å². The van der Waals surface area contributed by atoms with E-state index in [-0.39, 0.29) is 31.8 Å². The summed E-state index contributed by atoms with van der Waals surface area (Å²) in [6, 6.07) is 3.67. The van der Waals surface area contributed by atoms with E-state index in [1.165, 1.54) is 26.2 Å². The fourth-order valence-electron chi connectivity index (χ4n) is 3.19. The number of nitrogens with one attached hydrogen (secondary N) is 1. The fourth-order valence-corrected chi connectivity index (χ4v) is 4.87. The summed E-state index contributed by atoms with van der Waals surface area (Å²) in [5.74, 6) is 0.515. The molecule has 0 unspecified atom stereocenters. The summed E-state index contributed by atoms with van der Waals surface area (Å²) in [4.78, 5) is 26.9. The van der Waals surface area contributed by atoms with Crippen molar-refractivity contribution in [3.05, 3.63) is 23.8 Å². The van der Waals surface area contributed by atoms with Crippen LogP contribution in [0.3, 0.4) is 0 Å². The fraction of sp³-hybridized carbons (Fsp3) is 0.636. The van der Waals surface area contributed by atoms with Gasteiger partial charge in [0.25, 0.3) is 0 Å². The van der Waals surface area contributed by atoms with Gasteiger partial charge in [0.15, 0.2) is 11.5 Å². The number of carbonyl (C=O) groups is 2. The number of nitrogens with zero attached hydrogens (tertiary/aromatic N) is 1. The molecule has 1 aromatic carbocycles. The van der Waals surface area contributed by atoms with Gasteiger partial charge in [-0.25, -0.2) is 9.59 Å². The second-order valence-electron chi connectivity index (χ2n) is 7.62. The second-order valence-corrected chi connectivity index (χ2v) is 9.64. The number of urea groups is 1. The van der Waals surface area contributed by atoms with Crippen LogP contribution in [-0.2, 0) is 29.6 Å². The van der Waals surface area contributed by atoms with E-state index in [1.54, 1.807) is 32.0 Å². The van der Waals surface area contributed by atoms with Gasteiger partial charge in [-0.1, -0.05) is 19.9 Å². The molecular formula is C22H37N2O8P. The highest BCUT2D eigenvalue weighted by atomic mass is 31.2. The van der Waals surface area contributed by atoms with Gasteiger partial charge in [0.2, 0.25) is 0 Å². The number of amides is 2. The van der Waals surface area contributed by atoms with Crippen LogP contribution < -0.4 is 14.8 Å². The maximum Gasteiger partial charge on any atom is 0.349 e. The van der Waals surface area contributed by atoms with Gasteiger partial charge in [0.1, 0.15) is 12.3 Å². The average molecular weight is 489 g/mol. The van der Waals surface area contributed by atoms with Crippen molar-refractivity contribution in [2.45, 2.75) is 40.2 Å². The van der Waals surface area contributed by atoms with Gasteiger partial charge in [0.05, 0.1) is 34.5 Å². The number of hydrogen-bond donors (Lipinski definition) is 1. The minimum atomic E-state index is -3.53. The molecule has 10 nitrogen and oxygen atoms in total. The third-order valence-electron chi connectivity index (χ3n) is 4.54. The van der Waals surface area contributed by atoms with Crippen molar-refractivity contribution in [2.24, 2.45) is 5.92 Å². The largest absolute Gasteiger partial charge is 0.493 e. The Morgan fingerprint density at radius 1 is 1.03 bits per heavy atom. The highest BCUT2D eigenvalue weighted by molar-refractivity contribution is 7.53. The highest BCUT2D eigenvalue weighted by Gasteiger charge is 2.32. The van der Waals surface area contributed by atoms with Gasteiger partial charge in [-0.2, -0.15) is 0 Å². The lowest BCUT2D eigenvalue weighted by Gasteiger charge is -2.29. The molecule has 0 heterocycles. The van der Waals surface area contributed by atoms with Gasteiger partial charge in [-0.3, -0.25) is 4.57 Å². The van der Waals surface area contributed by atoms with Crippen molar-refractivity contribution >= 4 is 19.6 Å². The first-order valence-corrected chi connectivity index (χ1v) is 12.6. The van der Waals surface area contributed by atoms with Crippen molar-refractivity contribution in [3.8, 4) is 11.5 Å². The average Bonchev–Trinajstić information content (AvgIpc) is 2.77. The summed E-state index contributed by atoms with van der Waals surface area (Å²) in [5.41, 5.74) is 0.730. The van der Waals surface area contributed by atoms with E-state index in [0.29, 0.717) is 18.0 Å². The zero-order valence-corrected chi connectivity index (χ0v) is 21.5. The molecule has 1 N–H and O–H groups in total. The minimum Gasteiger partial charge on any atom is -0.493 e. The Morgan fingerprint density at radius 3 is 2.12 bits per heavy atom. The number of methoxy groups -OCH3 is 3. The minimum absolute atomic E-state index is 0.0786. The molecule has 0 saturated carbocycles. The van der Waals surface area contributed by atoms with Crippen LogP contribution >= 0.6 is 7.60 Å². The summed E-state index contributed by atoms with van der Waals surface area (Å²) >= 11 is 0. The summed E-state index contributed by atoms with van der Waals surface area (Å²) in [5, 5.41) is 2.70. The first-order chi connectivity index (χ1) is 15.6. The molecule has 188 valence electrons. The van der Waals surface area contributed by atoms with Crippen molar-refractivity contribution in [2.75, 3.05) is 47.4 Å². The Hall–Kier alpha value is -2.29. The standard InChI is InChI=1S/C22H37N2O8P/c1-8-31-33(27,32-9-2)15-24(14-16(3)4)22(26)23-18(21(25)30-7)12-17-10-11-19(28-5)20(13-17)29-6/h10-11,13,16,18H,8-9,12,14-15H2,1-7H3,(H,23,26)/t18-/m0/s1. The predicted octanol–water partition coefficient (Wildman–Crippen LogP) is 3.68. The molecule has 0 spiro atoms. The normalized spacial score (nSPS) is 12.2. The molecule has 2 amide bonds. The molecular weight excluding hydrogens is 451 g/mol. The Bertz CT molecular complexity index is 808. The van der Waals surface area contributed by atoms with Crippen LogP contribution in [0.25, 0.3) is 0 Å². The SMILES string of the molecule is CCOP(=O)(CN(CC(C)C)C(=O)N[C@@H](Cc1ccc(OC)c(OC)c1)C(=O)OC)OCC. The number of carbonyl (C=O) groups excluding carboxylic acids is 2. The molecule has 1 aromatic rings. The van der Waals surface area contributed by atoms with Gasteiger partial charge in [-0.15, -0.1) is 0 Å². The zero-order valence-electron chi connectivity index (χ0n) is 20.6. The lowest BCUT2D eigenvalue weighted by Crippen LogP contribution is -2.50. The molecule has 1 atom stereocenters. The maximum atomic E-state index is 13.1. The van der Waals surface area contributed by atoms with Crippen LogP contribution in [0.5, 0.6) is 11.5 Å². The van der Waals surface area contributed by atoms with Gasteiger partial charge in [-0.05, 0) is 37.5 Å². The van der Waals surface area contributed by atoms with E-state index < -0.39 is 25.6 Å². The third kappa shape index (κ3) is 9.23. The number of rotatable bonds is 14. The van der Waals surface area contributed by atoms with Crippen LogP contribution in [0.4, 0.5) is 4.79 Å². The third-order valence-corrected chi connectivity index (χ3v) is 6.53. The van der Waals surface area contributed by atoms with E-state index in [4.69, 9.17) is 23.3 Å². The molecule has 0 aliphatic rings. The van der Waals surface area contributed by atoms with E-state index >= 15 is 0 Å². The molecule has 0 radical (unpaired) electrons. The summed E-state index contributed by atoms with van der Waals surface area (Å²) < 4.78 is 39.2. The first kappa shape index (κ1) is 28.7. The van der Waals surface area contributed by atoms with Crippen LogP contribution in [0.1, 0.15) is 33.3 Å². The summed E-state index contributed by atoms with van der Waals surface area (Å²) in [6.45, 7) is 7.91. The molecule has 1 rings (SSSR count). The maximum absolute atomic E-state index is 13.1. The molecule has 0 aliphatic heterocycles. The number of hydrogen-bond acceptors (Lipinski definition) is 8.